The zero-order valence-electron chi connectivity index (χ0n) is 23.2. The van der Waals surface area contributed by atoms with Crippen molar-refractivity contribution in [1.82, 2.24) is 0 Å². The van der Waals surface area contributed by atoms with Crippen molar-refractivity contribution in [3.8, 4) is 16.9 Å². The smallest absolute Gasteiger partial charge is 0.338 e. The summed E-state index contributed by atoms with van der Waals surface area (Å²) in [5, 5.41) is 0. The highest BCUT2D eigenvalue weighted by Gasteiger charge is 2.46. The third-order valence-electron chi connectivity index (χ3n) is 7.70. The van der Waals surface area contributed by atoms with Crippen molar-refractivity contribution in [2.24, 2.45) is 11.8 Å². The molecule has 0 radical (unpaired) electrons. The van der Waals surface area contributed by atoms with Gasteiger partial charge in [0.05, 0.1) is 5.56 Å². The summed E-state index contributed by atoms with van der Waals surface area (Å²) in [5.74, 6) is -4.69. The Bertz CT molecular complexity index is 1390. The van der Waals surface area contributed by atoms with E-state index in [1.54, 1.807) is 42.5 Å². The molecule has 4 unspecified atom stereocenters. The molecule has 1 aliphatic carbocycles. The number of hydrogen-bond acceptors (Lipinski definition) is 5. The molecular weight excluding hydrogens is 538 g/mol. The first-order chi connectivity index (χ1) is 20.4. The standard InChI is InChI=1S/C35H34F2O5/c36-35(37,24-40-28-13-7-4-8-14-28)22-21-30-29-15-9-1-2-10-16-33(38)41-31(29)23-32(30)42-34(39)27-19-17-26(18-20-27)25-11-5-3-6-12-25/h1,3-9,11-14,17-22,29-32H,2,10,15-16,23-24H2. The third-order valence-corrected chi connectivity index (χ3v) is 7.70. The van der Waals surface area contributed by atoms with E-state index < -0.39 is 36.6 Å². The van der Waals surface area contributed by atoms with Crippen molar-refractivity contribution in [3.05, 3.63) is 115 Å². The third kappa shape index (κ3) is 7.72. The van der Waals surface area contributed by atoms with Gasteiger partial charge >= 0.3 is 11.9 Å². The average molecular weight is 573 g/mol. The summed E-state index contributed by atoms with van der Waals surface area (Å²) in [4.78, 5) is 25.7. The number of halogens is 2. The number of carbonyl (C=O) groups is 2. The lowest BCUT2D eigenvalue weighted by molar-refractivity contribution is -0.151. The quantitative estimate of drug-likeness (QED) is 0.203. The van der Waals surface area contributed by atoms with Gasteiger partial charge in [-0.15, -0.1) is 0 Å². The van der Waals surface area contributed by atoms with E-state index in [1.807, 2.05) is 54.6 Å². The van der Waals surface area contributed by atoms with E-state index in [2.05, 4.69) is 0 Å². The predicted molar refractivity (Wildman–Crippen MR) is 156 cm³/mol. The Balaban J connectivity index is 1.34. The van der Waals surface area contributed by atoms with Crippen LogP contribution in [-0.4, -0.2) is 36.7 Å². The highest BCUT2D eigenvalue weighted by molar-refractivity contribution is 5.90. The fourth-order valence-corrected chi connectivity index (χ4v) is 5.52. The molecule has 1 saturated carbocycles. The van der Waals surface area contributed by atoms with Crippen LogP contribution in [0.25, 0.3) is 11.1 Å². The van der Waals surface area contributed by atoms with E-state index in [1.165, 1.54) is 6.08 Å². The summed E-state index contributed by atoms with van der Waals surface area (Å²) in [6.45, 7) is -0.832. The second kappa shape index (κ2) is 13.6. The molecule has 3 aromatic rings. The van der Waals surface area contributed by atoms with Crippen LogP contribution in [0.5, 0.6) is 5.75 Å². The number of rotatable bonds is 8. The molecule has 218 valence electrons. The first-order valence-corrected chi connectivity index (χ1v) is 14.3. The number of hydrogen-bond donors (Lipinski definition) is 0. The van der Waals surface area contributed by atoms with Crippen molar-refractivity contribution in [3.63, 3.8) is 0 Å². The largest absolute Gasteiger partial charge is 0.487 e. The number of fused-ring (bicyclic) bond motifs is 1. The van der Waals surface area contributed by atoms with E-state index >= 15 is 0 Å². The van der Waals surface area contributed by atoms with Crippen LogP contribution in [0.1, 0.15) is 42.5 Å². The normalized spacial score (nSPS) is 22.8. The summed E-state index contributed by atoms with van der Waals surface area (Å²) in [5.41, 5.74) is 2.33. The molecule has 1 fully saturated rings. The minimum Gasteiger partial charge on any atom is -0.487 e. The number of alkyl halides is 2. The zero-order valence-corrected chi connectivity index (χ0v) is 23.2. The Morgan fingerprint density at radius 2 is 1.62 bits per heavy atom. The van der Waals surface area contributed by atoms with Crippen LogP contribution in [0.4, 0.5) is 8.78 Å². The van der Waals surface area contributed by atoms with Gasteiger partial charge in [-0.05, 0) is 60.7 Å². The Morgan fingerprint density at radius 3 is 2.36 bits per heavy atom. The summed E-state index contributed by atoms with van der Waals surface area (Å²) in [7, 11) is 0. The minimum absolute atomic E-state index is 0.235. The van der Waals surface area contributed by atoms with Crippen LogP contribution in [0.2, 0.25) is 0 Å². The Hall–Kier alpha value is -4.26. The summed E-state index contributed by atoms with van der Waals surface area (Å²) in [6.07, 6.45) is 7.38. The number of allylic oxidation sites excluding steroid dienone is 2. The van der Waals surface area contributed by atoms with Crippen LogP contribution in [0, 0.1) is 11.8 Å². The first-order valence-electron chi connectivity index (χ1n) is 14.3. The van der Waals surface area contributed by atoms with Gasteiger partial charge in [0.25, 0.3) is 5.92 Å². The molecule has 5 nitrogen and oxygen atoms in total. The molecule has 0 N–H and O–H groups in total. The highest BCUT2D eigenvalue weighted by Crippen LogP contribution is 2.41. The van der Waals surface area contributed by atoms with Gasteiger partial charge in [0.15, 0.2) is 6.61 Å². The lowest BCUT2D eigenvalue weighted by Crippen LogP contribution is -2.28. The molecule has 1 heterocycles. The predicted octanol–water partition coefficient (Wildman–Crippen LogP) is 7.83. The number of carbonyl (C=O) groups excluding carboxylic acids is 2. The summed E-state index contributed by atoms with van der Waals surface area (Å²) < 4.78 is 46.9. The fraction of sp³-hybridized carbons (Fsp3) is 0.314. The Kier molecular flexibility index (Phi) is 9.47. The van der Waals surface area contributed by atoms with Crippen molar-refractivity contribution < 1.29 is 32.6 Å². The Morgan fingerprint density at radius 1 is 0.929 bits per heavy atom. The molecule has 1 aliphatic heterocycles. The topological polar surface area (TPSA) is 61.8 Å². The van der Waals surface area contributed by atoms with Crippen molar-refractivity contribution in [2.75, 3.05) is 6.61 Å². The summed E-state index contributed by atoms with van der Waals surface area (Å²) >= 11 is 0. The van der Waals surface area contributed by atoms with Crippen molar-refractivity contribution in [1.29, 1.82) is 0 Å². The lowest BCUT2D eigenvalue weighted by atomic mass is 9.89. The van der Waals surface area contributed by atoms with Crippen molar-refractivity contribution >= 4 is 11.9 Å². The van der Waals surface area contributed by atoms with Gasteiger partial charge in [-0.25, -0.2) is 4.79 Å². The minimum atomic E-state index is -3.27. The number of para-hydroxylation sites is 1. The fourth-order valence-electron chi connectivity index (χ4n) is 5.52. The van der Waals surface area contributed by atoms with E-state index in [0.717, 1.165) is 23.6 Å². The van der Waals surface area contributed by atoms with Crippen molar-refractivity contribution in [2.45, 2.75) is 50.2 Å². The van der Waals surface area contributed by atoms with Gasteiger partial charge in [-0.1, -0.05) is 78.9 Å². The van der Waals surface area contributed by atoms with Gasteiger partial charge < -0.3 is 14.2 Å². The molecule has 2 aliphatic rings. The molecule has 0 bridgehead atoms. The molecule has 0 amide bonds. The molecule has 5 rings (SSSR count). The average Bonchev–Trinajstić information content (AvgIpc) is 3.33. The maximum Gasteiger partial charge on any atom is 0.338 e. The molecule has 7 heteroatoms. The number of ether oxygens (including phenoxy) is 3. The maximum atomic E-state index is 14.9. The monoisotopic (exact) mass is 572 g/mol. The zero-order chi connectivity index (χ0) is 29.4. The van der Waals surface area contributed by atoms with Crippen LogP contribution in [0.15, 0.2) is 109 Å². The highest BCUT2D eigenvalue weighted by atomic mass is 19.3. The van der Waals surface area contributed by atoms with Crippen LogP contribution < -0.4 is 4.74 Å². The number of benzene rings is 3. The van der Waals surface area contributed by atoms with Gasteiger partial charge in [0.1, 0.15) is 18.0 Å². The molecule has 0 saturated heterocycles. The number of esters is 2. The van der Waals surface area contributed by atoms with Crippen LogP contribution in [-0.2, 0) is 14.3 Å². The van der Waals surface area contributed by atoms with Gasteiger partial charge in [-0.3, -0.25) is 4.79 Å². The molecule has 3 aromatic carbocycles. The Labute approximate surface area is 244 Å². The molecular formula is C35H34F2O5. The van der Waals surface area contributed by atoms with E-state index in [-0.39, 0.29) is 24.7 Å². The van der Waals surface area contributed by atoms with Gasteiger partial charge in [0, 0.05) is 24.7 Å². The van der Waals surface area contributed by atoms with Crippen LogP contribution in [0.3, 0.4) is 0 Å². The SMILES string of the molecule is O=C1CCCC=CCC2C(CC(OC(=O)c3ccc(-c4ccccc4)cc3)C2C=CC(F)(F)COc2ccccc2)O1. The maximum absolute atomic E-state index is 14.9. The molecule has 42 heavy (non-hydrogen) atoms. The first kappa shape index (κ1) is 29.2. The lowest BCUT2D eigenvalue weighted by Gasteiger charge is -2.24. The molecule has 4 atom stereocenters. The van der Waals surface area contributed by atoms with E-state index in [9.17, 15) is 18.4 Å². The van der Waals surface area contributed by atoms with E-state index in [0.29, 0.717) is 24.2 Å². The second-order valence-electron chi connectivity index (χ2n) is 10.7. The molecule has 0 aromatic heterocycles. The van der Waals surface area contributed by atoms with E-state index in [4.69, 9.17) is 14.2 Å². The van der Waals surface area contributed by atoms with Crippen LogP contribution >= 0.6 is 0 Å². The van der Waals surface area contributed by atoms with Gasteiger partial charge in [0.2, 0.25) is 0 Å². The summed E-state index contributed by atoms with van der Waals surface area (Å²) in [6, 6.07) is 25.3. The second-order valence-corrected chi connectivity index (χ2v) is 10.7. The molecule has 0 spiro atoms. The van der Waals surface area contributed by atoms with Gasteiger partial charge in [-0.2, -0.15) is 8.78 Å².